The summed E-state index contributed by atoms with van der Waals surface area (Å²) in [5, 5.41) is 11.3. The number of thioether (sulfide) groups is 2. The zero-order chi connectivity index (χ0) is 19.2. The Morgan fingerprint density at radius 2 is 1.81 bits per heavy atom. The minimum Gasteiger partial charge on any atom is -0.368 e. The molecule has 2 aromatic rings. The molecule has 3 rings (SSSR count). The van der Waals surface area contributed by atoms with E-state index in [1.165, 1.54) is 29.2 Å². The van der Waals surface area contributed by atoms with Crippen molar-refractivity contribution in [3.8, 4) is 0 Å². The quantitative estimate of drug-likeness (QED) is 0.416. The van der Waals surface area contributed by atoms with Gasteiger partial charge in [-0.2, -0.15) is 0 Å². The largest absolute Gasteiger partial charge is 0.368 e. The Kier molecular flexibility index (Phi) is 6.63. The summed E-state index contributed by atoms with van der Waals surface area (Å²) in [5.41, 5.74) is 1.23. The van der Waals surface area contributed by atoms with Gasteiger partial charge in [0.15, 0.2) is 0 Å². The lowest BCUT2D eigenvalue weighted by Gasteiger charge is -2.36. The number of hydrogen-bond donors (Lipinski definition) is 0. The van der Waals surface area contributed by atoms with Crippen molar-refractivity contribution in [2.24, 2.45) is 0 Å². The van der Waals surface area contributed by atoms with Gasteiger partial charge in [-0.05, 0) is 30.5 Å². The molecular formula is C19H21N3O3S2. The van der Waals surface area contributed by atoms with Gasteiger partial charge in [0, 0.05) is 42.8 Å². The van der Waals surface area contributed by atoms with Crippen LogP contribution in [0.25, 0.3) is 0 Å². The molecule has 0 atom stereocenters. The van der Waals surface area contributed by atoms with Crippen LogP contribution in [0.2, 0.25) is 0 Å². The van der Waals surface area contributed by atoms with E-state index in [-0.39, 0.29) is 22.3 Å². The van der Waals surface area contributed by atoms with Gasteiger partial charge in [0.25, 0.3) is 5.69 Å². The topological polar surface area (TPSA) is 66.7 Å². The number of piperazine rings is 1. The summed E-state index contributed by atoms with van der Waals surface area (Å²) < 4.78 is 0. The van der Waals surface area contributed by atoms with Crippen LogP contribution in [0.3, 0.4) is 0 Å². The highest BCUT2D eigenvalue weighted by atomic mass is 32.2. The smallest absolute Gasteiger partial charge is 0.284 e. The van der Waals surface area contributed by atoms with Gasteiger partial charge in [-0.3, -0.25) is 14.9 Å². The maximum absolute atomic E-state index is 12.5. The molecule has 0 unspecified atom stereocenters. The molecule has 0 saturated carbocycles. The molecule has 0 aliphatic carbocycles. The van der Waals surface area contributed by atoms with Crippen LogP contribution in [0.5, 0.6) is 0 Å². The van der Waals surface area contributed by atoms with E-state index in [4.69, 9.17) is 0 Å². The fourth-order valence-electron chi connectivity index (χ4n) is 2.97. The van der Waals surface area contributed by atoms with Crippen LogP contribution in [0.4, 0.5) is 11.4 Å². The first-order chi connectivity index (χ1) is 13.1. The minimum atomic E-state index is -0.384. The van der Waals surface area contributed by atoms with E-state index >= 15 is 0 Å². The zero-order valence-corrected chi connectivity index (χ0v) is 16.7. The Balaban J connectivity index is 1.55. The maximum atomic E-state index is 12.5. The summed E-state index contributed by atoms with van der Waals surface area (Å²) in [6.07, 6.45) is 1.88. The first-order valence-electron chi connectivity index (χ1n) is 8.61. The van der Waals surface area contributed by atoms with Gasteiger partial charge < -0.3 is 9.80 Å². The molecule has 1 aliphatic heterocycles. The van der Waals surface area contributed by atoms with Crippen LogP contribution in [-0.4, -0.2) is 53.9 Å². The summed E-state index contributed by atoms with van der Waals surface area (Å²) >= 11 is 2.70. The van der Waals surface area contributed by atoms with Crippen LogP contribution >= 0.6 is 23.5 Å². The van der Waals surface area contributed by atoms with Gasteiger partial charge in [-0.25, -0.2) is 0 Å². The van der Waals surface area contributed by atoms with E-state index in [1.54, 1.807) is 12.1 Å². The summed E-state index contributed by atoms with van der Waals surface area (Å²) in [6, 6.07) is 15.3. The number of rotatable bonds is 6. The molecular weight excluding hydrogens is 382 g/mol. The second kappa shape index (κ2) is 9.14. The van der Waals surface area contributed by atoms with Crippen molar-refractivity contribution in [2.45, 2.75) is 9.79 Å². The van der Waals surface area contributed by atoms with Crippen molar-refractivity contribution in [2.75, 3.05) is 43.1 Å². The number of benzene rings is 2. The summed E-state index contributed by atoms with van der Waals surface area (Å²) in [5.74, 6) is 0.237. The third-order valence-electron chi connectivity index (χ3n) is 4.47. The molecule has 1 aliphatic rings. The molecule has 27 heavy (non-hydrogen) atoms. The predicted octanol–water partition coefficient (Wildman–Crippen LogP) is 3.76. The summed E-state index contributed by atoms with van der Waals surface area (Å²) in [4.78, 5) is 28.9. The molecule has 142 valence electrons. The number of para-hydroxylation sites is 1. The number of anilines is 1. The third-order valence-corrected chi connectivity index (χ3v) is 6.24. The fourth-order valence-corrected chi connectivity index (χ4v) is 4.31. The normalized spacial score (nSPS) is 14.3. The number of hydrogen-bond acceptors (Lipinski definition) is 6. The number of nitrogens with zero attached hydrogens (tertiary/aromatic N) is 3. The van der Waals surface area contributed by atoms with E-state index in [9.17, 15) is 14.9 Å². The van der Waals surface area contributed by atoms with Crippen molar-refractivity contribution in [1.29, 1.82) is 0 Å². The van der Waals surface area contributed by atoms with Gasteiger partial charge in [0.2, 0.25) is 5.91 Å². The standard InChI is InChI=1S/C19H21N3O3S2/c1-26-16-7-8-18(17(13-16)22(24)25)27-14-19(23)21-11-9-20(10-12-21)15-5-3-2-4-6-15/h2-8,13H,9-12,14H2,1H3. The average molecular weight is 404 g/mol. The monoisotopic (exact) mass is 403 g/mol. The SMILES string of the molecule is CSc1ccc(SCC(=O)N2CCN(c3ccccc3)CC2)c([N+](=O)[O-])c1. The van der Waals surface area contributed by atoms with E-state index in [2.05, 4.69) is 17.0 Å². The van der Waals surface area contributed by atoms with Crippen molar-refractivity contribution in [1.82, 2.24) is 4.90 Å². The van der Waals surface area contributed by atoms with E-state index < -0.39 is 0 Å². The van der Waals surface area contributed by atoms with Gasteiger partial charge in [0.1, 0.15) is 0 Å². The molecule has 0 aromatic heterocycles. The summed E-state index contributed by atoms with van der Waals surface area (Å²) in [7, 11) is 0. The van der Waals surface area contributed by atoms with Crippen molar-refractivity contribution in [3.63, 3.8) is 0 Å². The Labute approximate surface area is 167 Å². The molecule has 2 aromatic carbocycles. The van der Waals surface area contributed by atoms with Crippen LogP contribution in [0.15, 0.2) is 58.3 Å². The van der Waals surface area contributed by atoms with Crippen LogP contribution < -0.4 is 4.90 Å². The van der Waals surface area contributed by atoms with E-state index in [1.807, 2.05) is 35.4 Å². The molecule has 1 amide bonds. The van der Waals surface area contributed by atoms with Crippen LogP contribution in [-0.2, 0) is 4.79 Å². The Hall–Kier alpha value is -2.19. The van der Waals surface area contributed by atoms with E-state index in [0.717, 1.165) is 18.0 Å². The summed E-state index contributed by atoms with van der Waals surface area (Å²) in [6.45, 7) is 2.93. The Morgan fingerprint density at radius 3 is 2.44 bits per heavy atom. The van der Waals surface area contributed by atoms with Gasteiger partial charge in [0.05, 0.1) is 15.6 Å². The third kappa shape index (κ3) is 4.95. The maximum Gasteiger partial charge on any atom is 0.284 e. The highest BCUT2D eigenvalue weighted by molar-refractivity contribution is 8.00. The highest BCUT2D eigenvalue weighted by Gasteiger charge is 2.22. The molecule has 1 saturated heterocycles. The number of nitro groups is 1. The fraction of sp³-hybridized carbons (Fsp3) is 0.316. The Morgan fingerprint density at radius 1 is 1.11 bits per heavy atom. The Bertz CT molecular complexity index is 809. The lowest BCUT2D eigenvalue weighted by molar-refractivity contribution is -0.387. The number of carbonyl (C=O) groups is 1. The van der Waals surface area contributed by atoms with E-state index in [0.29, 0.717) is 18.0 Å². The molecule has 1 fully saturated rings. The minimum absolute atomic E-state index is 0.0240. The van der Waals surface area contributed by atoms with Crippen molar-refractivity contribution < 1.29 is 9.72 Å². The van der Waals surface area contributed by atoms with Crippen molar-refractivity contribution in [3.05, 3.63) is 58.6 Å². The molecule has 0 radical (unpaired) electrons. The number of amides is 1. The van der Waals surface area contributed by atoms with Crippen LogP contribution in [0, 0.1) is 10.1 Å². The molecule has 1 heterocycles. The lowest BCUT2D eigenvalue weighted by Crippen LogP contribution is -2.49. The molecule has 0 N–H and O–H groups in total. The highest BCUT2D eigenvalue weighted by Crippen LogP contribution is 2.32. The molecule has 6 nitrogen and oxygen atoms in total. The van der Waals surface area contributed by atoms with Gasteiger partial charge >= 0.3 is 0 Å². The first kappa shape index (κ1) is 19.6. The first-order valence-corrected chi connectivity index (χ1v) is 10.8. The van der Waals surface area contributed by atoms with Crippen LogP contribution in [0.1, 0.15) is 0 Å². The second-order valence-electron chi connectivity index (χ2n) is 6.08. The predicted molar refractivity (Wildman–Crippen MR) is 111 cm³/mol. The number of carbonyl (C=O) groups excluding carboxylic acids is 1. The van der Waals surface area contributed by atoms with Gasteiger partial charge in [-0.1, -0.05) is 18.2 Å². The molecule has 0 bridgehead atoms. The van der Waals surface area contributed by atoms with Crippen molar-refractivity contribution >= 4 is 40.8 Å². The zero-order valence-electron chi connectivity index (χ0n) is 15.0. The second-order valence-corrected chi connectivity index (χ2v) is 7.98. The average Bonchev–Trinajstić information content (AvgIpc) is 2.72. The van der Waals surface area contributed by atoms with Gasteiger partial charge in [-0.15, -0.1) is 23.5 Å². The molecule has 0 spiro atoms. The lowest BCUT2D eigenvalue weighted by atomic mass is 10.2. The molecule has 8 heteroatoms. The number of nitro benzene ring substituents is 1.